The number of carbonyl (C=O) groups excluding carboxylic acids is 1. The lowest BCUT2D eigenvalue weighted by molar-refractivity contribution is -0.130. The quantitative estimate of drug-likeness (QED) is 0.830. The summed E-state index contributed by atoms with van der Waals surface area (Å²) >= 11 is 1.38. The summed E-state index contributed by atoms with van der Waals surface area (Å²) in [7, 11) is 1.64. The van der Waals surface area contributed by atoms with Crippen LogP contribution in [-0.2, 0) is 4.79 Å². The number of rotatable bonds is 5. The van der Waals surface area contributed by atoms with E-state index < -0.39 is 0 Å². The summed E-state index contributed by atoms with van der Waals surface area (Å²) in [6, 6.07) is 7.62. The van der Waals surface area contributed by atoms with Crippen LogP contribution in [0.3, 0.4) is 0 Å². The van der Waals surface area contributed by atoms with E-state index in [9.17, 15) is 4.79 Å². The molecule has 1 amide bonds. The van der Waals surface area contributed by atoms with Crippen LogP contribution in [0.5, 0.6) is 5.75 Å². The van der Waals surface area contributed by atoms with Crippen molar-refractivity contribution in [3.05, 3.63) is 24.3 Å². The van der Waals surface area contributed by atoms with Gasteiger partial charge < -0.3 is 9.64 Å². The zero-order chi connectivity index (χ0) is 17.8. The number of ether oxygens (including phenoxy) is 1. The minimum absolute atomic E-state index is 0.166. The van der Waals surface area contributed by atoms with Gasteiger partial charge in [-0.05, 0) is 42.5 Å². The number of benzene rings is 1. The van der Waals surface area contributed by atoms with Crippen LogP contribution in [0, 0.1) is 11.8 Å². The molecule has 7 heteroatoms. The maximum absolute atomic E-state index is 12.4. The van der Waals surface area contributed by atoms with Crippen molar-refractivity contribution < 1.29 is 9.53 Å². The molecule has 2 atom stereocenters. The molecule has 134 valence electrons. The van der Waals surface area contributed by atoms with Gasteiger partial charge in [0.2, 0.25) is 11.1 Å². The van der Waals surface area contributed by atoms with Crippen molar-refractivity contribution >= 4 is 17.7 Å². The highest BCUT2D eigenvalue weighted by molar-refractivity contribution is 7.99. The Kier molecular flexibility index (Phi) is 5.63. The Bertz CT molecular complexity index is 706. The Morgan fingerprint density at radius 2 is 1.96 bits per heavy atom. The van der Waals surface area contributed by atoms with E-state index in [2.05, 4.69) is 29.0 Å². The molecule has 2 unspecified atom stereocenters. The molecule has 0 saturated carbocycles. The zero-order valence-corrected chi connectivity index (χ0v) is 15.7. The van der Waals surface area contributed by atoms with Gasteiger partial charge in [0.25, 0.3) is 0 Å². The largest absolute Gasteiger partial charge is 0.497 e. The second-order valence-electron chi connectivity index (χ2n) is 6.73. The molecule has 1 aliphatic heterocycles. The molecular weight excluding hydrogens is 336 g/mol. The SMILES string of the molecule is COc1ccc(-c2nc(SCC(=O)N3CC(C)CC(C)C3)n[nH]2)cc1. The first kappa shape index (κ1) is 17.8. The summed E-state index contributed by atoms with van der Waals surface area (Å²) in [4.78, 5) is 18.9. The number of hydrogen-bond acceptors (Lipinski definition) is 5. The molecule has 0 bridgehead atoms. The number of methoxy groups -OCH3 is 1. The number of piperidine rings is 1. The van der Waals surface area contributed by atoms with E-state index in [0.29, 0.717) is 28.6 Å². The fraction of sp³-hybridized carbons (Fsp3) is 0.500. The van der Waals surface area contributed by atoms with Crippen molar-refractivity contribution in [1.29, 1.82) is 0 Å². The second-order valence-corrected chi connectivity index (χ2v) is 7.67. The van der Waals surface area contributed by atoms with Crippen LogP contribution in [-0.4, -0.2) is 51.9 Å². The van der Waals surface area contributed by atoms with Gasteiger partial charge in [0.05, 0.1) is 12.9 Å². The summed E-state index contributed by atoms with van der Waals surface area (Å²) in [5, 5.41) is 7.73. The number of nitrogens with one attached hydrogen (secondary N) is 1. The van der Waals surface area contributed by atoms with Crippen LogP contribution in [0.2, 0.25) is 0 Å². The summed E-state index contributed by atoms with van der Waals surface area (Å²) in [6.45, 7) is 6.13. The van der Waals surface area contributed by atoms with E-state index in [4.69, 9.17) is 4.74 Å². The Labute approximate surface area is 152 Å². The predicted octanol–water partition coefficient (Wildman–Crippen LogP) is 3.08. The van der Waals surface area contributed by atoms with Crippen LogP contribution in [0.1, 0.15) is 20.3 Å². The average Bonchev–Trinajstić information content (AvgIpc) is 3.08. The van der Waals surface area contributed by atoms with Gasteiger partial charge in [0.15, 0.2) is 5.82 Å². The van der Waals surface area contributed by atoms with Gasteiger partial charge in [-0.2, -0.15) is 0 Å². The molecule has 1 aromatic carbocycles. The summed E-state index contributed by atoms with van der Waals surface area (Å²) in [5.41, 5.74) is 0.935. The van der Waals surface area contributed by atoms with Crippen molar-refractivity contribution in [3.8, 4) is 17.1 Å². The third kappa shape index (κ3) is 4.54. The smallest absolute Gasteiger partial charge is 0.233 e. The molecule has 0 spiro atoms. The highest BCUT2D eigenvalue weighted by atomic mass is 32.2. The zero-order valence-electron chi connectivity index (χ0n) is 14.9. The van der Waals surface area contributed by atoms with Crippen molar-refractivity contribution in [2.45, 2.75) is 25.4 Å². The first-order chi connectivity index (χ1) is 12.0. The van der Waals surface area contributed by atoms with Crippen molar-refractivity contribution in [2.75, 3.05) is 26.0 Å². The lowest BCUT2D eigenvalue weighted by Crippen LogP contribution is -2.43. The van der Waals surface area contributed by atoms with Gasteiger partial charge in [-0.15, -0.1) is 5.10 Å². The van der Waals surface area contributed by atoms with Crippen molar-refractivity contribution in [1.82, 2.24) is 20.1 Å². The number of nitrogens with zero attached hydrogens (tertiary/aromatic N) is 3. The van der Waals surface area contributed by atoms with E-state index in [0.717, 1.165) is 24.4 Å². The molecule has 0 aliphatic carbocycles. The highest BCUT2D eigenvalue weighted by Gasteiger charge is 2.25. The lowest BCUT2D eigenvalue weighted by Gasteiger charge is -2.34. The van der Waals surface area contributed by atoms with Crippen molar-refractivity contribution in [2.24, 2.45) is 11.8 Å². The number of amides is 1. The minimum Gasteiger partial charge on any atom is -0.497 e. The van der Waals surface area contributed by atoms with Crippen LogP contribution in [0.4, 0.5) is 0 Å². The summed E-state index contributed by atoms with van der Waals surface area (Å²) < 4.78 is 5.16. The van der Waals surface area contributed by atoms with Gasteiger partial charge in [-0.3, -0.25) is 9.89 Å². The number of aromatic amines is 1. The summed E-state index contributed by atoms with van der Waals surface area (Å²) in [6.07, 6.45) is 1.20. The molecule has 1 aromatic heterocycles. The molecule has 1 fully saturated rings. The first-order valence-corrected chi connectivity index (χ1v) is 9.51. The normalized spacial score (nSPS) is 20.5. The van der Waals surface area contributed by atoms with Gasteiger partial charge in [0.1, 0.15) is 5.75 Å². The fourth-order valence-electron chi connectivity index (χ4n) is 3.27. The standard InChI is InChI=1S/C18H24N4O2S/c1-12-8-13(2)10-22(9-12)16(23)11-25-18-19-17(20-21-18)14-4-6-15(24-3)7-5-14/h4-7,12-13H,8-11H2,1-3H3,(H,19,20,21). The molecule has 1 saturated heterocycles. The van der Waals surface area contributed by atoms with Gasteiger partial charge in [-0.25, -0.2) is 4.98 Å². The molecule has 25 heavy (non-hydrogen) atoms. The van der Waals surface area contributed by atoms with Gasteiger partial charge >= 0.3 is 0 Å². The van der Waals surface area contributed by atoms with Gasteiger partial charge in [0, 0.05) is 18.7 Å². The van der Waals surface area contributed by atoms with Crippen LogP contribution < -0.4 is 4.74 Å². The molecule has 1 N–H and O–H groups in total. The third-order valence-corrected chi connectivity index (χ3v) is 5.21. The number of likely N-dealkylation sites (tertiary alicyclic amines) is 1. The maximum Gasteiger partial charge on any atom is 0.233 e. The maximum atomic E-state index is 12.4. The molecule has 3 rings (SSSR count). The molecule has 0 radical (unpaired) electrons. The molecule has 1 aliphatic rings. The van der Waals surface area contributed by atoms with Crippen molar-refractivity contribution in [3.63, 3.8) is 0 Å². The number of H-pyrrole nitrogens is 1. The van der Waals surface area contributed by atoms with Gasteiger partial charge in [-0.1, -0.05) is 25.6 Å². The lowest BCUT2D eigenvalue weighted by atomic mass is 9.92. The number of thioether (sulfide) groups is 1. The molecule has 2 aromatic rings. The molecule has 6 nitrogen and oxygen atoms in total. The van der Waals surface area contributed by atoms with E-state index in [1.54, 1.807) is 7.11 Å². The number of aromatic nitrogens is 3. The van der Waals surface area contributed by atoms with E-state index in [1.165, 1.54) is 18.2 Å². The Balaban J connectivity index is 1.57. The van der Waals surface area contributed by atoms with E-state index in [1.807, 2.05) is 29.2 Å². The van der Waals surface area contributed by atoms with Crippen LogP contribution in [0.25, 0.3) is 11.4 Å². The third-order valence-electron chi connectivity index (χ3n) is 4.37. The second kappa shape index (κ2) is 7.91. The average molecular weight is 360 g/mol. The highest BCUT2D eigenvalue weighted by Crippen LogP contribution is 2.24. The van der Waals surface area contributed by atoms with E-state index >= 15 is 0 Å². The molecule has 2 heterocycles. The Hall–Kier alpha value is -2.02. The predicted molar refractivity (Wildman–Crippen MR) is 98.6 cm³/mol. The molecular formula is C18H24N4O2S. The first-order valence-electron chi connectivity index (χ1n) is 8.52. The number of carbonyl (C=O) groups is 1. The number of hydrogen-bond donors (Lipinski definition) is 1. The fourth-order valence-corrected chi connectivity index (χ4v) is 3.97. The Morgan fingerprint density at radius 3 is 2.60 bits per heavy atom. The Morgan fingerprint density at radius 1 is 1.28 bits per heavy atom. The van der Waals surface area contributed by atoms with Crippen LogP contribution in [0.15, 0.2) is 29.4 Å². The minimum atomic E-state index is 0.166. The monoisotopic (exact) mass is 360 g/mol. The van der Waals surface area contributed by atoms with Crippen LogP contribution >= 0.6 is 11.8 Å². The topological polar surface area (TPSA) is 71.1 Å². The van der Waals surface area contributed by atoms with E-state index in [-0.39, 0.29) is 5.91 Å². The summed E-state index contributed by atoms with van der Waals surface area (Å²) in [5.74, 6) is 3.18.